The maximum atomic E-state index is 6.18. The molecule has 0 saturated carbocycles. The van der Waals surface area contributed by atoms with Crippen LogP contribution in [0.25, 0.3) is 57.2 Å². The lowest BCUT2D eigenvalue weighted by molar-refractivity contribution is -0.658. The molecular weight excluding hydrogens is 1070 g/mol. The van der Waals surface area contributed by atoms with Gasteiger partial charge in [-0.2, -0.15) is 0 Å². The van der Waals surface area contributed by atoms with Crippen LogP contribution in [0.2, 0.25) is 27.3 Å². The largest absolute Gasteiger partial charge is 0.465 e. The summed E-state index contributed by atoms with van der Waals surface area (Å²) in [5, 5.41) is 3.59. The van der Waals surface area contributed by atoms with Crippen LogP contribution >= 0.6 is 0 Å². The molecule has 0 unspecified atom stereocenters. The standard InChI is InChI=1S/2C19H20BN2O.C18H18BN2O.C15H17BN3/c1-13-9-10-18(21(4)12-13)22-14(2)11-16-15-7-5-6-8-17(15)23-19(16)20(22)3;1-13-9-10-21(4)18(11-13)22-14(2)12-16-15-7-5-6-8-17(15)23-19(16)20(22)3;1-13-12-15-14-8-4-5-9-16(14)22-18(15)19(2)21(13)17-10-6-7-11-20(17)3;1-12-11-14-13(7-6-9-17-14)16(2)19(12)15-8-4-5-10-18(15)3/h2*5-12H,1-4H3;4-12H,1-3H3;4-11H,1-3H3/q4*+1. The lowest BCUT2D eigenvalue weighted by atomic mass is 9.54. The van der Waals surface area contributed by atoms with Crippen LogP contribution in [0.15, 0.2) is 213 Å². The first-order chi connectivity index (χ1) is 42.0. The minimum atomic E-state index is 0.162. The minimum Gasteiger partial charge on any atom is -0.465 e. The van der Waals surface area contributed by atoms with Gasteiger partial charge in [0, 0.05) is 69.4 Å². The molecule has 0 N–H and O–H groups in total. The van der Waals surface area contributed by atoms with Crippen molar-refractivity contribution in [3.8, 4) is 0 Å². The van der Waals surface area contributed by atoms with Crippen molar-refractivity contribution >= 4 is 130 Å². The highest BCUT2D eigenvalue weighted by atomic mass is 16.3. The molecule has 16 heteroatoms. The van der Waals surface area contributed by atoms with Gasteiger partial charge in [-0.25, -0.2) is 18.3 Å². The Morgan fingerprint density at radius 1 is 0.368 bits per heavy atom. The predicted octanol–water partition coefficient (Wildman–Crippen LogP) is 11.1. The maximum absolute atomic E-state index is 6.18. The molecule has 0 bridgehead atoms. The molecule has 4 aliphatic heterocycles. The monoisotopic (exact) mass is 1150 g/mol. The number of anilines is 4. The van der Waals surface area contributed by atoms with Crippen molar-refractivity contribution in [2.75, 3.05) is 19.2 Å². The summed E-state index contributed by atoms with van der Waals surface area (Å²) in [5.41, 5.74) is 19.5. The third-order valence-electron chi connectivity index (χ3n) is 17.5. The Labute approximate surface area is 513 Å². The molecule has 15 rings (SSSR count). The van der Waals surface area contributed by atoms with Gasteiger partial charge >= 0.3 is 27.4 Å². The number of furan rings is 3. The first-order valence-corrected chi connectivity index (χ1v) is 30.2. The summed E-state index contributed by atoms with van der Waals surface area (Å²) >= 11 is 0. The summed E-state index contributed by atoms with van der Waals surface area (Å²) in [5.74, 6) is 4.70. The fraction of sp³-hybridized carbons (Fsp3) is 0.197. The lowest BCUT2D eigenvalue weighted by Crippen LogP contribution is -2.53. The molecule has 0 atom stereocenters. The fourth-order valence-corrected chi connectivity index (χ4v) is 13.3. The van der Waals surface area contributed by atoms with Crippen LogP contribution in [0.1, 0.15) is 61.2 Å². The smallest absolute Gasteiger partial charge is 0.447 e. The van der Waals surface area contributed by atoms with E-state index in [-0.39, 0.29) is 20.5 Å². The highest BCUT2D eigenvalue weighted by Crippen LogP contribution is 2.33. The van der Waals surface area contributed by atoms with Gasteiger partial charge in [0.15, 0.2) is 0 Å². The maximum Gasteiger partial charge on any atom is 0.447 e. The quantitative estimate of drug-likeness (QED) is 0.127. The normalized spacial score (nSPS) is 14.2. The van der Waals surface area contributed by atoms with Crippen LogP contribution in [-0.2, 0) is 28.2 Å². The van der Waals surface area contributed by atoms with Crippen LogP contribution in [0, 0.1) is 13.8 Å². The van der Waals surface area contributed by atoms with Crippen molar-refractivity contribution < 1.29 is 31.5 Å². The van der Waals surface area contributed by atoms with E-state index in [1.807, 2.05) is 60.8 Å². The number of hydrogen-bond acceptors (Lipinski definition) is 8. The number of fused-ring (bicyclic) bond motifs is 10. The number of para-hydroxylation sites is 3. The van der Waals surface area contributed by atoms with E-state index in [4.69, 9.17) is 13.3 Å². The van der Waals surface area contributed by atoms with Crippen molar-refractivity contribution in [3.63, 3.8) is 0 Å². The van der Waals surface area contributed by atoms with Gasteiger partial charge in [-0.3, -0.25) is 24.2 Å². The number of aromatic nitrogens is 5. The number of benzene rings is 3. The van der Waals surface area contributed by atoms with Crippen molar-refractivity contribution in [1.29, 1.82) is 0 Å². The molecule has 12 heterocycles. The molecule has 8 aromatic heterocycles. The highest BCUT2D eigenvalue weighted by molar-refractivity contribution is 6.78. The summed E-state index contributed by atoms with van der Waals surface area (Å²) < 4.78 is 27.1. The zero-order chi connectivity index (χ0) is 60.9. The van der Waals surface area contributed by atoms with E-state index in [0.29, 0.717) is 6.85 Å². The molecule has 12 nitrogen and oxygen atoms in total. The Hall–Kier alpha value is -9.55. The average Bonchev–Trinajstić information content (AvgIpc) is 4.12. The van der Waals surface area contributed by atoms with Crippen LogP contribution in [0.4, 0.5) is 23.3 Å². The second-order valence-electron chi connectivity index (χ2n) is 23.6. The fourth-order valence-electron chi connectivity index (χ4n) is 13.3. The third-order valence-corrected chi connectivity index (χ3v) is 17.5. The molecule has 0 aliphatic carbocycles. The Balaban J connectivity index is 0.000000114. The number of allylic oxidation sites excluding steroid dienone is 4. The molecule has 87 heavy (non-hydrogen) atoms. The van der Waals surface area contributed by atoms with E-state index in [1.165, 1.54) is 89.7 Å². The first kappa shape index (κ1) is 57.9. The predicted molar refractivity (Wildman–Crippen MR) is 362 cm³/mol. The molecular formula is C71H75B4N9O3+4. The van der Waals surface area contributed by atoms with Gasteiger partial charge in [0.1, 0.15) is 33.7 Å². The molecule has 3 aromatic carbocycles. The average molecular weight is 1150 g/mol. The molecule has 430 valence electrons. The Bertz CT molecular complexity index is 4580. The van der Waals surface area contributed by atoms with E-state index < -0.39 is 0 Å². The minimum absolute atomic E-state index is 0.162. The summed E-state index contributed by atoms with van der Waals surface area (Å²) in [6, 6.07) is 50.2. The van der Waals surface area contributed by atoms with E-state index in [0.717, 1.165) is 45.2 Å². The molecule has 0 radical (unpaired) electrons. The zero-order valence-electron chi connectivity index (χ0n) is 52.6. The molecule has 0 amide bonds. The number of nitrogens with zero attached hydrogens (tertiary/aromatic N) is 9. The van der Waals surface area contributed by atoms with Gasteiger partial charge in [0.25, 0.3) is 23.3 Å². The van der Waals surface area contributed by atoms with Crippen LogP contribution in [0.3, 0.4) is 0 Å². The van der Waals surface area contributed by atoms with E-state index in [9.17, 15) is 0 Å². The highest BCUT2D eigenvalue weighted by Gasteiger charge is 2.44. The third kappa shape index (κ3) is 10.8. The van der Waals surface area contributed by atoms with Crippen LogP contribution in [0.5, 0.6) is 0 Å². The van der Waals surface area contributed by atoms with Gasteiger partial charge in [-0.05, 0) is 152 Å². The first-order valence-electron chi connectivity index (χ1n) is 30.2. The Morgan fingerprint density at radius 2 is 0.770 bits per heavy atom. The number of rotatable bonds is 4. The molecule has 0 spiro atoms. The number of aryl methyl sites for hydroxylation is 6. The van der Waals surface area contributed by atoms with Gasteiger partial charge in [-0.15, -0.1) is 0 Å². The van der Waals surface area contributed by atoms with E-state index in [2.05, 4.69) is 280 Å². The topological polar surface area (TPSA) is 80.8 Å². The van der Waals surface area contributed by atoms with E-state index >= 15 is 0 Å². The van der Waals surface area contributed by atoms with Crippen molar-refractivity contribution in [1.82, 2.24) is 4.98 Å². The molecule has 4 aliphatic rings. The van der Waals surface area contributed by atoms with Gasteiger partial charge in [-0.1, -0.05) is 72.8 Å². The molecule has 0 saturated heterocycles. The van der Waals surface area contributed by atoms with Crippen molar-refractivity contribution in [2.24, 2.45) is 28.2 Å². The van der Waals surface area contributed by atoms with E-state index in [1.54, 1.807) is 0 Å². The van der Waals surface area contributed by atoms with Crippen molar-refractivity contribution in [2.45, 2.75) is 68.8 Å². The summed E-state index contributed by atoms with van der Waals surface area (Å²) in [6.45, 7) is 22.5. The Kier molecular flexibility index (Phi) is 15.8. The molecule has 0 fully saturated rings. The summed E-state index contributed by atoms with van der Waals surface area (Å²) in [7, 11) is 8.33. The van der Waals surface area contributed by atoms with Gasteiger partial charge < -0.3 is 13.3 Å². The zero-order valence-corrected chi connectivity index (χ0v) is 52.6. The second kappa shape index (κ2) is 23.7. The summed E-state index contributed by atoms with van der Waals surface area (Å²) in [4.78, 5) is 13.8. The number of hydrogen-bond donors (Lipinski definition) is 0. The van der Waals surface area contributed by atoms with Crippen molar-refractivity contribution in [3.05, 3.63) is 233 Å². The number of pyridine rings is 5. The molecule has 11 aromatic rings. The van der Waals surface area contributed by atoms with Crippen LogP contribution < -0.4 is 60.0 Å². The summed E-state index contributed by atoms with van der Waals surface area (Å²) in [6.07, 6.45) is 19.1. The SMILES string of the molecule is CB1c2cccnc2C=C(C)N1c1cccc[n+]1C.CB1c2oc3ccccc3c2C=C(C)N1c1cc(C)cc[n+]1C.CB1c2oc3ccccc3c2C=C(C)N1c1ccc(C)c[n+]1C.CB1c2oc3ccccc3c2C=C(C)N1c1cccc[n+]1C. The van der Waals surface area contributed by atoms with Crippen LogP contribution in [-0.4, -0.2) is 32.4 Å². The lowest BCUT2D eigenvalue weighted by Gasteiger charge is -2.27. The Morgan fingerprint density at radius 3 is 1.23 bits per heavy atom. The second-order valence-corrected chi connectivity index (χ2v) is 23.6. The van der Waals surface area contributed by atoms with Gasteiger partial charge in [0.2, 0.25) is 0 Å². The van der Waals surface area contributed by atoms with Gasteiger partial charge in [0.05, 0.1) is 81.5 Å².